The summed E-state index contributed by atoms with van der Waals surface area (Å²) in [7, 11) is 0. The normalized spacial score (nSPS) is 41.9. The third kappa shape index (κ3) is 18.3. The molecule has 27 heteroatoms. The number of aliphatic hydroxyl groups is 12. The van der Waals surface area contributed by atoms with E-state index in [9.17, 15) is 50.4 Å². The SMILES string of the molecule is C.CC(=O)OCC1OCC[C@H](O)[C@@H]1O.CC1O[C@@H](O)C(O)[C@H](O)[C@@H]1O[C@@H]1OC2COC(C)(C(=O)[O-])O[C@H]2[C@@H](O)C1O.O.O.O.OCC1CCC(O)CO1.OCC1C[C@@H](O)C(O)CO1. The second kappa shape index (κ2) is 29.6. The minimum Gasteiger partial charge on any atom is -0.544 e. The third-order valence-electron chi connectivity index (χ3n) is 10.2. The summed E-state index contributed by atoms with van der Waals surface area (Å²) in [4.78, 5) is 21.6. The Kier molecular flexibility index (Phi) is 29.7. The lowest BCUT2D eigenvalue weighted by molar-refractivity contribution is -0.415. The van der Waals surface area contributed by atoms with E-state index in [1.807, 2.05) is 0 Å². The lowest BCUT2D eigenvalue weighted by Crippen LogP contribution is -2.69. The van der Waals surface area contributed by atoms with Crippen LogP contribution in [0.5, 0.6) is 0 Å². The van der Waals surface area contributed by atoms with Gasteiger partial charge in [0, 0.05) is 20.0 Å². The second-order valence-electron chi connectivity index (χ2n) is 14.9. The van der Waals surface area contributed by atoms with E-state index in [1.165, 1.54) is 13.8 Å². The van der Waals surface area contributed by atoms with Gasteiger partial charge in [0.05, 0.1) is 69.7 Å². The number of carboxylic acids is 1. The molecule has 63 heavy (non-hydrogen) atoms. The van der Waals surface area contributed by atoms with E-state index < -0.39 is 110 Å². The Bertz CT molecular complexity index is 1240. The summed E-state index contributed by atoms with van der Waals surface area (Å²) in [6.07, 6.45) is -16.1. The van der Waals surface area contributed by atoms with Gasteiger partial charge in [-0.2, -0.15) is 0 Å². The molecule has 6 aliphatic heterocycles. The van der Waals surface area contributed by atoms with E-state index >= 15 is 0 Å². The number of hydrogen-bond acceptors (Lipinski definition) is 24. The predicted molar refractivity (Wildman–Crippen MR) is 204 cm³/mol. The molecule has 0 amide bonds. The van der Waals surface area contributed by atoms with Gasteiger partial charge in [-0.05, 0) is 33.1 Å². The van der Waals surface area contributed by atoms with Crippen LogP contribution in [0.2, 0.25) is 0 Å². The van der Waals surface area contributed by atoms with E-state index in [2.05, 4.69) is 4.74 Å². The van der Waals surface area contributed by atoms with Crippen LogP contribution in [-0.4, -0.2) is 252 Å². The van der Waals surface area contributed by atoms with Crippen LogP contribution in [0, 0.1) is 0 Å². The van der Waals surface area contributed by atoms with Gasteiger partial charge in [0.1, 0.15) is 73.6 Å². The molecule has 18 N–H and O–H groups in total. The topological polar surface area (TPSA) is 478 Å². The maximum absolute atomic E-state index is 11.1. The monoisotopic (exact) mass is 935 g/mol. The maximum Gasteiger partial charge on any atom is 0.302 e. The Labute approximate surface area is 363 Å². The van der Waals surface area contributed by atoms with Crippen molar-refractivity contribution in [3.05, 3.63) is 0 Å². The number of aliphatic carboxylic acids is 1. The van der Waals surface area contributed by atoms with Crippen molar-refractivity contribution in [3.8, 4) is 0 Å². The van der Waals surface area contributed by atoms with Crippen LogP contribution < -0.4 is 5.11 Å². The average molecular weight is 936 g/mol. The summed E-state index contributed by atoms with van der Waals surface area (Å²) in [6, 6.07) is 0. The molecule has 27 nitrogen and oxygen atoms in total. The molecule has 0 aromatic carbocycles. The van der Waals surface area contributed by atoms with Crippen LogP contribution in [-0.2, 0) is 52.2 Å². The summed E-state index contributed by atoms with van der Waals surface area (Å²) in [5.74, 6) is -4.18. The van der Waals surface area contributed by atoms with E-state index in [1.54, 1.807) is 0 Å². The molecule has 378 valence electrons. The molecule has 6 fully saturated rings. The number of carboxylic acid groups (broad SMARTS) is 1. The van der Waals surface area contributed by atoms with Gasteiger partial charge >= 0.3 is 5.97 Å². The minimum atomic E-state index is -2.11. The Balaban J connectivity index is 0. The quantitative estimate of drug-likeness (QED) is 0.105. The molecule has 0 bridgehead atoms. The van der Waals surface area contributed by atoms with E-state index in [0.29, 0.717) is 26.1 Å². The Morgan fingerprint density at radius 1 is 0.730 bits per heavy atom. The average Bonchev–Trinajstić information content (AvgIpc) is 3.20. The largest absolute Gasteiger partial charge is 0.544 e. The van der Waals surface area contributed by atoms with Gasteiger partial charge in [-0.3, -0.25) is 4.79 Å². The van der Waals surface area contributed by atoms with E-state index in [-0.39, 0.29) is 75.2 Å². The van der Waals surface area contributed by atoms with Gasteiger partial charge in [-0.25, -0.2) is 0 Å². The number of carbonyl (C=O) groups is 2. The first-order valence-electron chi connectivity index (χ1n) is 19.2. The van der Waals surface area contributed by atoms with Gasteiger partial charge in [0.15, 0.2) is 12.6 Å². The van der Waals surface area contributed by atoms with Crippen molar-refractivity contribution >= 4 is 11.9 Å². The van der Waals surface area contributed by atoms with Crippen LogP contribution in [0.25, 0.3) is 0 Å². The third-order valence-corrected chi connectivity index (χ3v) is 10.2. The highest BCUT2D eigenvalue weighted by Gasteiger charge is 2.54. The van der Waals surface area contributed by atoms with Crippen LogP contribution in [0.3, 0.4) is 0 Å². The van der Waals surface area contributed by atoms with Crippen LogP contribution in [0.1, 0.15) is 53.9 Å². The Morgan fingerprint density at radius 3 is 1.89 bits per heavy atom. The number of rotatable bonds is 7. The van der Waals surface area contributed by atoms with Gasteiger partial charge < -0.3 is 130 Å². The van der Waals surface area contributed by atoms with Gasteiger partial charge in [0.25, 0.3) is 0 Å². The van der Waals surface area contributed by atoms with Crippen LogP contribution in [0.4, 0.5) is 0 Å². The molecule has 0 aromatic rings. The maximum atomic E-state index is 11.1. The first kappa shape index (κ1) is 63.1. The zero-order chi connectivity index (χ0) is 44.2. The zero-order valence-electron chi connectivity index (χ0n) is 34.4. The number of hydrogen-bond donors (Lipinski definition) is 12. The van der Waals surface area contributed by atoms with Crippen molar-refractivity contribution in [2.24, 2.45) is 0 Å². The second-order valence-corrected chi connectivity index (χ2v) is 14.9. The standard InChI is InChI=1S/C15H24O12.C8H14O5.C6H12O4.C6H12O3.CH4.3H2O/c1-4-10(6(16)8(18)12(20)24-4)26-13-9(19)7(17)11-5(25-13)3-23-15(2,27-11)14(21)22;1-5(9)13-4-7-8(11)6(10)2-3-12-7;7-2-4-1-5(8)6(9)3-10-4;7-3-6-2-1-5(8)4-9-6;;;;/h4-13,16-20H,3H2,1-2H3,(H,21,22);6-8,10-11H,2-4H2,1H3;4-9H,1-3H2;5-8H,1-4H2;1H4;3*1H2/p-1/t4?,5?,6-,7-,8?,9?,10+,11+,12+,13-,15?;6-,7?,8-;4?,5-,6?;;;;;/m001...../s1. The predicted octanol–water partition coefficient (Wildman–Crippen LogP) is -9.61. The van der Waals surface area contributed by atoms with Gasteiger partial charge in [-0.1, -0.05) is 7.43 Å². The molecule has 19 atom stereocenters. The van der Waals surface area contributed by atoms with Crippen molar-refractivity contribution in [2.75, 3.05) is 46.2 Å². The minimum absolute atomic E-state index is 0. The fourth-order valence-electron chi connectivity index (χ4n) is 6.41. The van der Waals surface area contributed by atoms with Crippen LogP contribution >= 0.6 is 0 Å². The number of fused-ring (bicyclic) bond motifs is 1. The lowest BCUT2D eigenvalue weighted by Gasteiger charge is -2.50. The van der Waals surface area contributed by atoms with Crippen molar-refractivity contribution in [3.63, 3.8) is 0 Å². The summed E-state index contributed by atoms with van der Waals surface area (Å²) < 4.78 is 46.1. The molecule has 10 unspecified atom stereocenters. The molecule has 0 aromatic heterocycles. The molecule has 6 aliphatic rings. The summed E-state index contributed by atoms with van der Waals surface area (Å²) >= 11 is 0. The lowest BCUT2D eigenvalue weighted by atomic mass is 9.96. The fraction of sp³-hybridized carbons (Fsp3) is 0.944. The highest BCUT2D eigenvalue weighted by molar-refractivity contribution is 5.73. The molecular weight excluding hydrogens is 864 g/mol. The van der Waals surface area contributed by atoms with Gasteiger partial charge in [-0.15, -0.1) is 0 Å². The van der Waals surface area contributed by atoms with Gasteiger partial charge in [0.2, 0.25) is 5.79 Å². The molecule has 0 aliphatic carbocycles. The highest BCUT2D eigenvalue weighted by Crippen LogP contribution is 2.34. The van der Waals surface area contributed by atoms with Crippen LogP contribution in [0.15, 0.2) is 0 Å². The van der Waals surface area contributed by atoms with Crippen molar-refractivity contribution in [2.45, 2.75) is 170 Å². The molecule has 0 radical (unpaired) electrons. The Morgan fingerprint density at radius 2 is 1.35 bits per heavy atom. The molecule has 0 spiro atoms. The first-order chi connectivity index (χ1) is 27.7. The first-order valence-corrected chi connectivity index (χ1v) is 19.2. The molecule has 6 rings (SSSR count). The molecule has 0 saturated carbocycles. The Hall–Kier alpha value is -1.98. The summed E-state index contributed by atoms with van der Waals surface area (Å²) in [5, 5.41) is 124. The molecular formula is C36H71O27-. The number of ether oxygens (including phenoxy) is 9. The van der Waals surface area contributed by atoms with Crippen molar-refractivity contribution < 1.29 is 135 Å². The number of carbonyl (C=O) groups excluding carboxylic acids is 2. The molecule has 6 saturated heterocycles. The van der Waals surface area contributed by atoms with Crippen molar-refractivity contribution in [1.82, 2.24) is 0 Å². The number of esters is 1. The fourth-order valence-corrected chi connectivity index (χ4v) is 6.41. The van der Waals surface area contributed by atoms with E-state index in [4.69, 9.17) is 63.4 Å². The molecule has 6 heterocycles. The number of aliphatic hydroxyl groups excluding tert-OH is 12. The highest BCUT2D eigenvalue weighted by atomic mass is 16.8. The van der Waals surface area contributed by atoms with Crippen molar-refractivity contribution in [1.29, 1.82) is 0 Å². The van der Waals surface area contributed by atoms with E-state index in [0.717, 1.165) is 19.8 Å². The summed E-state index contributed by atoms with van der Waals surface area (Å²) in [6.45, 7) is 4.41. The zero-order valence-corrected chi connectivity index (χ0v) is 34.4. The summed E-state index contributed by atoms with van der Waals surface area (Å²) in [5.41, 5.74) is 0. The smallest absolute Gasteiger partial charge is 0.302 e.